The largest absolute Gasteiger partial charge is 0.347 e. The van der Waals surface area contributed by atoms with Crippen LogP contribution in [-0.2, 0) is 9.59 Å². The first-order chi connectivity index (χ1) is 8.20. The number of nitrogens with one attached hydrogen (secondary N) is 1. The third kappa shape index (κ3) is 2.79. The van der Waals surface area contributed by atoms with Gasteiger partial charge in [0.2, 0.25) is 11.8 Å². The minimum atomic E-state index is -0.0677. The third-order valence-corrected chi connectivity index (χ3v) is 3.39. The molecule has 0 aromatic heterocycles. The summed E-state index contributed by atoms with van der Waals surface area (Å²) in [6.45, 7) is 0.533. The molecule has 1 N–H and O–H groups in total. The van der Waals surface area contributed by atoms with Crippen LogP contribution in [0.2, 0.25) is 0 Å². The number of hydrogen-bond donors (Lipinski definition) is 1. The number of benzene rings is 1. The smallest absolute Gasteiger partial charge is 0.246 e. The normalized spacial score (nSPS) is 16.6. The molecule has 1 saturated heterocycles. The summed E-state index contributed by atoms with van der Waals surface area (Å²) in [5.41, 5.74) is 0.860. The minimum absolute atomic E-state index is 0.0610. The highest BCUT2D eigenvalue weighted by Crippen LogP contribution is 2.22. The Morgan fingerprint density at radius 2 is 2.18 bits per heavy atom. The van der Waals surface area contributed by atoms with Crippen LogP contribution in [0.25, 0.3) is 0 Å². The van der Waals surface area contributed by atoms with Gasteiger partial charge in [-0.3, -0.25) is 9.59 Å². The van der Waals surface area contributed by atoms with Crippen LogP contribution in [0.3, 0.4) is 0 Å². The van der Waals surface area contributed by atoms with Gasteiger partial charge >= 0.3 is 0 Å². The molecule has 4 nitrogen and oxygen atoms in total. The zero-order valence-electron chi connectivity index (χ0n) is 9.60. The summed E-state index contributed by atoms with van der Waals surface area (Å²) in [6.07, 6.45) is 2.35. The number of carbonyl (C=O) groups excluding carboxylic acids is 2. The van der Waals surface area contributed by atoms with Crippen molar-refractivity contribution in [2.75, 3.05) is 24.2 Å². The average Bonchev–Trinajstić information content (AvgIpc) is 2.52. The molecule has 2 amide bonds. The highest BCUT2D eigenvalue weighted by Gasteiger charge is 2.21. The number of anilines is 1. The zero-order valence-corrected chi connectivity index (χ0v) is 10.4. The summed E-state index contributed by atoms with van der Waals surface area (Å²) in [6, 6.07) is 7.79. The topological polar surface area (TPSA) is 49.4 Å². The standard InChI is InChI=1S/C12H14N2O2S/c1-17-10-4-2-3-9(7-10)14-6-5-11(15)13-8-12(14)16/h2-4,7H,5-6,8H2,1H3,(H,13,15). The first-order valence-electron chi connectivity index (χ1n) is 5.42. The molecule has 0 saturated carbocycles. The van der Waals surface area contributed by atoms with E-state index >= 15 is 0 Å². The number of amides is 2. The van der Waals surface area contributed by atoms with E-state index in [4.69, 9.17) is 0 Å². The summed E-state index contributed by atoms with van der Waals surface area (Å²) in [4.78, 5) is 25.9. The maximum atomic E-state index is 11.9. The van der Waals surface area contributed by atoms with E-state index < -0.39 is 0 Å². The maximum Gasteiger partial charge on any atom is 0.246 e. The molecule has 0 spiro atoms. The molecule has 1 heterocycles. The van der Waals surface area contributed by atoms with Gasteiger partial charge in [-0.2, -0.15) is 0 Å². The van der Waals surface area contributed by atoms with Gasteiger partial charge in [-0.25, -0.2) is 0 Å². The first-order valence-corrected chi connectivity index (χ1v) is 6.64. The molecule has 0 aliphatic carbocycles. The van der Waals surface area contributed by atoms with Gasteiger partial charge < -0.3 is 10.2 Å². The van der Waals surface area contributed by atoms with Gasteiger partial charge in [-0.15, -0.1) is 11.8 Å². The predicted octanol–water partition coefficient (Wildman–Crippen LogP) is 1.26. The van der Waals surface area contributed by atoms with E-state index in [1.807, 2.05) is 30.5 Å². The average molecular weight is 250 g/mol. The summed E-state index contributed by atoms with van der Waals surface area (Å²) in [7, 11) is 0. The van der Waals surface area contributed by atoms with Crippen molar-refractivity contribution in [1.82, 2.24) is 5.32 Å². The van der Waals surface area contributed by atoms with Gasteiger partial charge in [0.05, 0.1) is 6.54 Å². The van der Waals surface area contributed by atoms with Crippen LogP contribution in [0.4, 0.5) is 5.69 Å². The first kappa shape index (κ1) is 12.0. The van der Waals surface area contributed by atoms with Crippen molar-refractivity contribution in [3.8, 4) is 0 Å². The van der Waals surface area contributed by atoms with Crippen molar-refractivity contribution < 1.29 is 9.59 Å². The zero-order chi connectivity index (χ0) is 12.3. The Balaban J connectivity index is 2.24. The van der Waals surface area contributed by atoms with E-state index in [1.54, 1.807) is 16.7 Å². The van der Waals surface area contributed by atoms with Crippen molar-refractivity contribution in [3.05, 3.63) is 24.3 Å². The molecule has 1 aliphatic heterocycles. The molecule has 1 aromatic carbocycles. The summed E-state index contributed by atoms with van der Waals surface area (Å²) >= 11 is 1.63. The lowest BCUT2D eigenvalue weighted by atomic mass is 10.2. The van der Waals surface area contributed by atoms with Crippen LogP contribution in [0.15, 0.2) is 29.2 Å². The van der Waals surface area contributed by atoms with Gasteiger partial charge in [-0.05, 0) is 24.5 Å². The van der Waals surface area contributed by atoms with E-state index in [0.717, 1.165) is 10.6 Å². The molecule has 0 unspecified atom stereocenters. The molecule has 1 aromatic rings. The molecule has 0 atom stereocenters. The van der Waals surface area contributed by atoms with Crippen molar-refractivity contribution in [2.24, 2.45) is 0 Å². The van der Waals surface area contributed by atoms with E-state index in [1.165, 1.54) is 0 Å². The number of carbonyl (C=O) groups is 2. The van der Waals surface area contributed by atoms with Gasteiger partial charge in [0, 0.05) is 23.5 Å². The molecule has 5 heteroatoms. The van der Waals surface area contributed by atoms with Gasteiger partial charge in [0.25, 0.3) is 0 Å². The van der Waals surface area contributed by atoms with Crippen LogP contribution in [0.1, 0.15) is 6.42 Å². The summed E-state index contributed by atoms with van der Waals surface area (Å²) in [5, 5.41) is 2.59. The quantitative estimate of drug-likeness (QED) is 0.804. The van der Waals surface area contributed by atoms with E-state index in [0.29, 0.717) is 13.0 Å². The fourth-order valence-corrected chi connectivity index (χ4v) is 2.20. The molecular weight excluding hydrogens is 236 g/mol. The van der Waals surface area contributed by atoms with Crippen LogP contribution < -0.4 is 10.2 Å². The van der Waals surface area contributed by atoms with Crippen molar-refractivity contribution in [2.45, 2.75) is 11.3 Å². The minimum Gasteiger partial charge on any atom is -0.347 e. The van der Waals surface area contributed by atoms with E-state index in [-0.39, 0.29) is 18.4 Å². The Hall–Kier alpha value is -1.49. The number of hydrogen-bond acceptors (Lipinski definition) is 3. The van der Waals surface area contributed by atoms with Crippen LogP contribution in [0.5, 0.6) is 0 Å². The Kier molecular flexibility index (Phi) is 3.68. The van der Waals surface area contributed by atoms with Gasteiger partial charge in [-0.1, -0.05) is 6.07 Å². The second kappa shape index (κ2) is 5.23. The van der Waals surface area contributed by atoms with Gasteiger partial charge in [0.15, 0.2) is 0 Å². The number of rotatable bonds is 2. The van der Waals surface area contributed by atoms with E-state index in [2.05, 4.69) is 5.32 Å². The fraction of sp³-hybridized carbons (Fsp3) is 0.333. The molecule has 1 aliphatic rings. The molecule has 2 rings (SSSR count). The molecule has 90 valence electrons. The number of nitrogens with zero attached hydrogens (tertiary/aromatic N) is 1. The lowest BCUT2D eigenvalue weighted by Gasteiger charge is -2.20. The maximum absolute atomic E-state index is 11.9. The summed E-state index contributed by atoms with van der Waals surface area (Å²) < 4.78 is 0. The fourth-order valence-electron chi connectivity index (χ4n) is 1.75. The highest BCUT2D eigenvalue weighted by molar-refractivity contribution is 7.98. The molecule has 1 fully saturated rings. The number of thioether (sulfide) groups is 1. The SMILES string of the molecule is CSc1cccc(N2CCC(=O)NCC2=O)c1. The van der Waals surface area contributed by atoms with Crippen LogP contribution >= 0.6 is 11.8 Å². The molecule has 0 bridgehead atoms. The van der Waals surface area contributed by atoms with E-state index in [9.17, 15) is 9.59 Å². The Labute approximate surface area is 104 Å². The second-order valence-corrected chi connectivity index (χ2v) is 4.65. The Bertz CT molecular complexity index is 448. The Morgan fingerprint density at radius 1 is 1.35 bits per heavy atom. The molecule has 17 heavy (non-hydrogen) atoms. The summed E-state index contributed by atoms with van der Waals surface area (Å²) in [5.74, 6) is -0.129. The molecular formula is C12H14N2O2S. The Morgan fingerprint density at radius 3 is 2.94 bits per heavy atom. The predicted molar refractivity (Wildman–Crippen MR) is 68.2 cm³/mol. The van der Waals surface area contributed by atoms with Crippen molar-refractivity contribution in [1.29, 1.82) is 0 Å². The third-order valence-electron chi connectivity index (χ3n) is 2.67. The lowest BCUT2D eigenvalue weighted by molar-refractivity contribution is -0.123. The second-order valence-electron chi connectivity index (χ2n) is 3.77. The van der Waals surface area contributed by atoms with Gasteiger partial charge in [0.1, 0.15) is 0 Å². The lowest BCUT2D eigenvalue weighted by Crippen LogP contribution is -2.35. The highest BCUT2D eigenvalue weighted by atomic mass is 32.2. The monoisotopic (exact) mass is 250 g/mol. The van der Waals surface area contributed by atoms with Crippen LogP contribution in [0, 0.1) is 0 Å². The molecule has 0 radical (unpaired) electrons. The van der Waals surface area contributed by atoms with Crippen molar-refractivity contribution in [3.63, 3.8) is 0 Å². The van der Waals surface area contributed by atoms with Crippen LogP contribution in [-0.4, -0.2) is 31.2 Å². The van der Waals surface area contributed by atoms with Crippen molar-refractivity contribution >= 4 is 29.3 Å².